The van der Waals surface area contributed by atoms with E-state index in [9.17, 15) is 14.4 Å². The first kappa shape index (κ1) is 16.5. The van der Waals surface area contributed by atoms with Crippen molar-refractivity contribution in [3.63, 3.8) is 0 Å². The number of anilines is 2. The second-order valence-electron chi connectivity index (χ2n) is 5.12. The number of benzene rings is 1. The molecule has 1 rings (SSSR count). The standard InChI is InChI=1S/C14H19N3O4/c1-9(18)15-10-6-5-7-11(8-10)16-13(21)17(4)14(2,3)12(19)20/h5-8H,1-4H3,(H,15,18)(H,16,21)(H,19,20). The van der Waals surface area contributed by atoms with Crippen LogP contribution in [0.4, 0.5) is 16.2 Å². The van der Waals surface area contributed by atoms with Crippen LogP contribution in [0.1, 0.15) is 20.8 Å². The van der Waals surface area contributed by atoms with Crippen molar-refractivity contribution in [1.29, 1.82) is 0 Å². The van der Waals surface area contributed by atoms with Crippen molar-refractivity contribution in [3.05, 3.63) is 24.3 Å². The van der Waals surface area contributed by atoms with E-state index >= 15 is 0 Å². The van der Waals surface area contributed by atoms with Crippen LogP contribution in [0.25, 0.3) is 0 Å². The number of carboxylic acid groups (broad SMARTS) is 1. The highest BCUT2D eigenvalue weighted by atomic mass is 16.4. The van der Waals surface area contributed by atoms with Gasteiger partial charge >= 0.3 is 12.0 Å². The third-order valence-electron chi connectivity index (χ3n) is 3.10. The number of nitrogens with one attached hydrogen (secondary N) is 2. The lowest BCUT2D eigenvalue weighted by atomic mass is 10.1. The van der Waals surface area contributed by atoms with Gasteiger partial charge in [-0.25, -0.2) is 9.59 Å². The van der Waals surface area contributed by atoms with Gasteiger partial charge in [0.1, 0.15) is 5.54 Å². The molecule has 7 nitrogen and oxygen atoms in total. The SMILES string of the molecule is CC(=O)Nc1cccc(NC(=O)N(C)C(C)(C)C(=O)O)c1. The zero-order valence-corrected chi connectivity index (χ0v) is 12.4. The smallest absolute Gasteiger partial charge is 0.329 e. The van der Waals surface area contributed by atoms with Crippen molar-refractivity contribution in [1.82, 2.24) is 4.90 Å². The fourth-order valence-electron chi connectivity index (χ4n) is 1.48. The Balaban J connectivity index is 2.84. The second kappa shape index (κ2) is 6.25. The van der Waals surface area contributed by atoms with Crippen molar-refractivity contribution in [2.45, 2.75) is 26.3 Å². The van der Waals surface area contributed by atoms with E-state index in [1.807, 2.05) is 0 Å². The first-order valence-corrected chi connectivity index (χ1v) is 6.30. The minimum atomic E-state index is -1.33. The van der Waals surface area contributed by atoms with Gasteiger partial charge in [-0.2, -0.15) is 0 Å². The van der Waals surface area contributed by atoms with Gasteiger partial charge in [0.05, 0.1) is 0 Å². The fraction of sp³-hybridized carbons (Fsp3) is 0.357. The zero-order valence-electron chi connectivity index (χ0n) is 12.4. The Morgan fingerprint density at radius 3 is 2.14 bits per heavy atom. The van der Waals surface area contributed by atoms with Gasteiger partial charge < -0.3 is 20.6 Å². The first-order valence-electron chi connectivity index (χ1n) is 6.30. The van der Waals surface area contributed by atoms with Gasteiger partial charge in [0.2, 0.25) is 5.91 Å². The molecule has 0 saturated carbocycles. The summed E-state index contributed by atoms with van der Waals surface area (Å²) in [5.41, 5.74) is -0.334. The molecule has 0 aliphatic heterocycles. The van der Waals surface area contributed by atoms with Gasteiger partial charge in [-0.05, 0) is 32.0 Å². The Bertz CT molecular complexity index is 569. The molecule has 0 fully saturated rings. The topological polar surface area (TPSA) is 98.7 Å². The predicted molar refractivity (Wildman–Crippen MR) is 79.2 cm³/mol. The van der Waals surface area contributed by atoms with Crippen molar-refractivity contribution in [2.75, 3.05) is 17.7 Å². The van der Waals surface area contributed by atoms with E-state index in [4.69, 9.17) is 5.11 Å². The first-order chi connectivity index (χ1) is 9.64. The predicted octanol–water partition coefficient (Wildman–Crippen LogP) is 1.97. The van der Waals surface area contributed by atoms with Crippen LogP contribution in [0.15, 0.2) is 24.3 Å². The summed E-state index contributed by atoms with van der Waals surface area (Å²) in [6, 6.07) is 6.03. The average molecular weight is 293 g/mol. The number of hydrogen-bond acceptors (Lipinski definition) is 3. The number of amides is 3. The Kier molecular flexibility index (Phi) is 4.91. The summed E-state index contributed by atoms with van der Waals surface area (Å²) in [6.45, 7) is 4.25. The van der Waals surface area contributed by atoms with Gasteiger partial charge in [-0.15, -0.1) is 0 Å². The average Bonchev–Trinajstić information content (AvgIpc) is 2.37. The molecular weight excluding hydrogens is 274 g/mol. The summed E-state index contributed by atoms with van der Waals surface area (Å²) in [7, 11) is 1.40. The van der Waals surface area contributed by atoms with E-state index in [0.717, 1.165) is 4.90 Å². The zero-order chi connectivity index (χ0) is 16.2. The molecule has 0 unspecified atom stereocenters. The Morgan fingerprint density at radius 1 is 1.14 bits per heavy atom. The van der Waals surface area contributed by atoms with E-state index < -0.39 is 17.5 Å². The van der Waals surface area contributed by atoms with Crippen molar-refractivity contribution in [3.8, 4) is 0 Å². The lowest BCUT2D eigenvalue weighted by Gasteiger charge is -2.31. The van der Waals surface area contributed by atoms with Crippen molar-refractivity contribution >= 4 is 29.3 Å². The normalized spacial score (nSPS) is 10.7. The van der Waals surface area contributed by atoms with Gasteiger partial charge in [0.15, 0.2) is 0 Å². The van der Waals surface area contributed by atoms with Crippen LogP contribution in [0, 0.1) is 0 Å². The van der Waals surface area contributed by atoms with E-state index in [1.165, 1.54) is 27.8 Å². The number of rotatable bonds is 4. The van der Waals surface area contributed by atoms with Crippen LogP contribution in [-0.4, -0.2) is 40.5 Å². The molecule has 0 heterocycles. The summed E-state index contributed by atoms with van der Waals surface area (Å²) in [4.78, 5) is 35.3. The number of carbonyl (C=O) groups excluding carboxylic acids is 2. The maximum absolute atomic E-state index is 12.1. The lowest BCUT2D eigenvalue weighted by molar-refractivity contribution is -0.146. The van der Waals surface area contributed by atoms with Gasteiger partial charge in [0, 0.05) is 25.3 Å². The monoisotopic (exact) mass is 293 g/mol. The molecule has 0 bridgehead atoms. The molecule has 1 aromatic rings. The highest BCUT2D eigenvalue weighted by molar-refractivity contribution is 5.95. The molecule has 1 aromatic carbocycles. The lowest BCUT2D eigenvalue weighted by Crippen LogP contribution is -2.52. The molecular formula is C14H19N3O4. The van der Waals surface area contributed by atoms with Gasteiger partial charge in [-0.1, -0.05) is 6.07 Å². The number of carbonyl (C=O) groups is 3. The fourth-order valence-corrected chi connectivity index (χ4v) is 1.48. The minimum absolute atomic E-state index is 0.220. The summed E-state index contributed by atoms with van der Waals surface area (Å²) < 4.78 is 0. The number of carboxylic acids is 1. The largest absolute Gasteiger partial charge is 0.480 e. The molecule has 0 aliphatic carbocycles. The van der Waals surface area contributed by atoms with Crippen LogP contribution in [-0.2, 0) is 9.59 Å². The number of urea groups is 1. The highest BCUT2D eigenvalue weighted by Gasteiger charge is 2.35. The Hall–Kier alpha value is -2.57. The minimum Gasteiger partial charge on any atom is -0.480 e. The van der Waals surface area contributed by atoms with Crippen LogP contribution in [0.3, 0.4) is 0 Å². The van der Waals surface area contributed by atoms with Crippen LogP contribution >= 0.6 is 0 Å². The van der Waals surface area contributed by atoms with Crippen molar-refractivity contribution < 1.29 is 19.5 Å². The summed E-state index contributed by atoms with van der Waals surface area (Å²) >= 11 is 0. The van der Waals surface area contributed by atoms with E-state index in [0.29, 0.717) is 11.4 Å². The maximum atomic E-state index is 12.1. The van der Waals surface area contributed by atoms with E-state index in [1.54, 1.807) is 24.3 Å². The van der Waals surface area contributed by atoms with Gasteiger partial charge in [-0.3, -0.25) is 4.79 Å². The van der Waals surface area contributed by atoms with E-state index in [2.05, 4.69) is 10.6 Å². The molecule has 0 spiro atoms. The Labute approximate surface area is 122 Å². The number of hydrogen-bond donors (Lipinski definition) is 3. The molecule has 0 saturated heterocycles. The number of aliphatic carboxylic acids is 1. The third kappa shape index (κ3) is 4.20. The molecule has 0 aliphatic rings. The summed E-state index contributed by atoms with van der Waals surface area (Å²) in [5, 5.41) is 14.3. The van der Waals surface area contributed by atoms with Crippen LogP contribution < -0.4 is 10.6 Å². The quantitative estimate of drug-likeness (QED) is 0.790. The molecule has 7 heteroatoms. The summed E-state index contributed by atoms with van der Waals surface area (Å²) in [5.74, 6) is -1.32. The number of likely N-dealkylation sites (N-methyl/N-ethyl adjacent to an activating group) is 1. The molecule has 3 amide bonds. The third-order valence-corrected chi connectivity index (χ3v) is 3.10. The number of nitrogens with zero attached hydrogens (tertiary/aromatic N) is 1. The molecule has 3 N–H and O–H groups in total. The molecule has 0 radical (unpaired) electrons. The molecule has 114 valence electrons. The Morgan fingerprint density at radius 2 is 1.67 bits per heavy atom. The highest BCUT2D eigenvalue weighted by Crippen LogP contribution is 2.18. The molecule has 0 atom stereocenters. The van der Waals surface area contributed by atoms with Crippen LogP contribution in [0.5, 0.6) is 0 Å². The van der Waals surface area contributed by atoms with Gasteiger partial charge in [0.25, 0.3) is 0 Å². The van der Waals surface area contributed by atoms with E-state index in [-0.39, 0.29) is 5.91 Å². The second-order valence-corrected chi connectivity index (χ2v) is 5.12. The maximum Gasteiger partial charge on any atom is 0.329 e. The van der Waals surface area contributed by atoms with Crippen LogP contribution in [0.2, 0.25) is 0 Å². The summed E-state index contributed by atoms with van der Waals surface area (Å²) in [6.07, 6.45) is 0. The van der Waals surface area contributed by atoms with Crippen molar-refractivity contribution in [2.24, 2.45) is 0 Å². The molecule has 21 heavy (non-hydrogen) atoms. The molecule has 0 aromatic heterocycles.